The van der Waals surface area contributed by atoms with E-state index in [4.69, 9.17) is 9.97 Å². The first kappa shape index (κ1) is 29.3. The highest BCUT2D eigenvalue weighted by atomic mass is 15.1. The van der Waals surface area contributed by atoms with Gasteiger partial charge in [0.2, 0.25) is 0 Å². The highest BCUT2D eigenvalue weighted by molar-refractivity contribution is 6.25. The molecule has 0 radical (unpaired) electrons. The Kier molecular flexibility index (Phi) is 6.02. The predicted molar refractivity (Wildman–Crippen MR) is 226 cm³/mol. The third-order valence-electron chi connectivity index (χ3n) is 11.2. The summed E-state index contributed by atoms with van der Waals surface area (Å²) in [5.74, 6) is 0.807. The van der Waals surface area contributed by atoms with Crippen LogP contribution in [-0.4, -0.2) is 19.1 Å². The molecule has 54 heavy (non-hydrogen) atoms. The van der Waals surface area contributed by atoms with Gasteiger partial charge in [-0.25, -0.2) is 9.97 Å². The minimum Gasteiger partial charge on any atom is -0.307 e. The van der Waals surface area contributed by atoms with Gasteiger partial charge in [-0.3, -0.25) is 4.57 Å². The molecule has 0 amide bonds. The Labute approximate surface area is 309 Å². The van der Waals surface area contributed by atoms with Crippen molar-refractivity contribution in [2.45, 2.75) is 0 Å². The van der Waals surface area contributed by atoms with E-state index < -0.39 is 0 Å². The van der Waals surface area contributed by atoms with E-state index in [1.54, 1.807) is 0 Å². The van der Waals surface area contributed by atoms with Gasteiger partial charge in [0, 0.05) is 43.6 Å². The Morgan fingerprint density at radius 3 is 1.50 bits per heavy atom. The molecule has 0 spiro atoms. The maximum Gasteiger partial charge on any atom is 0.165 e. The van der Waals surface area contributed by atoms with E-state index in [0.29, 0.717) is 0 Å². The Balaban J connectivity index is 1.33. The number of fused-ring (bicyclic) bond motifs is 14. The van der Waals surface area contributed by atoms with Crippen LogP contribution in [0, 0.1) is 0 Å². The van der Waals surface area contributed by atoms with Crippen LogP contribution < -0.4 is 0 Å². The topological polar surface area (TPSA) is 35.6 Å². The first-order valence-electron chi connectivity index (χ1n) is 18.4. The van der Waals surface area contributed by atoms with Gasteiger partial charge in [0.15, 0.2) is 5.82 Å². The fourth-order valence-corrected chi connectivity index (χ4v) is 8.90. The standard InChI is InChI=1S/C50H30N4/c1-2-16-34(17-3-1)53-43-24-12-10-20-37(43)41-28-29-42-38-21-11-13-25-44(38)54(49(42)48(41)53)50-45(33-27-26-31-14-4-5-15-32(31)30-33)51-46-39-22-8-6-18-35(39)36-19-7-9-23-40(36)47(46)52-50/h1-30H. The number of nitrogens with zero attached hydrogens (tertiary/aromatic N) is 4. The zero-order valence-corrected chi connectivity index (χ0v) is 29.1. The number of benzene rings is 9. The van der Waals surface area contributed by atoms with Gasteiger partial charge >= 0.3 is 0 Å². The SMILES string of the molecule is c1ccc(-n2c3ccccc3c3ccc4c5ccccc5n(-c5nc6c7ccccc7c7ccccc7c6nc5-c5ccc6ccccc6c5)c4c32)cc1. The highest BCUT2D eigenvalue weighted by Gasteiger charge is 2.25. The van der Waals surface area contributed by atoms with Gasteiger partial charge in [-0.2, -0.15) is 0 Å². The van der Waals surface area contributed by atoms with Crippen LogP contribution in [0.25, 0.3) is 110 Å². The van der Waals surface area contributed by atoms with Gasteiger partial charge in [-0.1, -0.05) is 152 Å². The summed E-state index contributed by atoms with van der Waals surface area (Å²) in [6, 6.07) is 65.2. The van der Waals surface area contributed by atoms with Crippen molar-refractivity contribution in [1.82, 2.24) is 19.1 Å². The second-order valence-corrected chi connectivity index (χ2v) is 14.1. The highest BCUT2D eigenvalue weighted by Crippen LogP contribution is 2.44. The normalized spacial score (nSPS) is 12.1. The molecule has 0 aliphatic carbocycles. The number of para-hydroxylation sites is 3. The number of hydrogen-bond acceptors (Lipinski definition) is 2. The fraction of sp³-hybridized carbons (Fsp3) is 0. The van der Waals surface area contributed by atoms with Crippen LogP contribution >= 0.6 is 0 Å². The van der Waals surface area contributed by atoms with Gasteiger partial charge in [0.05, 0.1) is 33.1 Å². The zero-order valence-electron chi connectivity index (χ0n) is 29.1. The van der Waals surface area contributed by atoms with Crippen molar-refractivity contribution in [3.63, 3.8) is 0 Å². The maximum atomic E-state index is 5.81. The van der Waals surface area contributed by atoms with Gasteiger partial charge in [-0.05, 0) is 51.9 Å². The monoisotopic (exact) mass is 686 g/mol. The maximum absolute atomic E-state index is 5.81. The van der Waals surface area contributed by atoms with Crippen LogP contribution in [0.4, 0.5) is 0 Å². The molecule has 0 N–H and O–H groups in total. The quantitative estimate of drug-likeness (QED) is 0.173. The van der Waals surface area contributed by atoms with Crippen LogP contribution in [0.1, 0.15) is 0 Å². The van der Waals surface area contributed by atoms with Crippen molar-refractivity contribution in [2.75, 3.05) is 0 Å². The summed E-state index contributed by atoms with van der Waals surface area (Å²) in [5, 5.41) is 11.7. The summed E-state index contributed by atoms with van der Waals surface area (Å²) >= 11 is 0. The third-order valence-corrected chi connectivity index (χ3v) is 11.2. The van der Waals surface area contributed by atoms with E-state index >= 15 is 0 Å². The minimum absolute atomic E-state index is 0.807. The molecule has 0 fully saturated rings. The van der Waals surface area contributed by atoms with Gasteiger partial charge in [-0.15, -0.1) is 0 Å². The number of hydrogen-bond donors (Lipinski definition) is 0. The number of rotatable bonds is 3. The van der Waals surface area contributed by atoms with Crippen molar-refractivity contribution in [3.8, 4) is 22.8 Å². The average molecular weight is 687 g/mol. The molecule has 12 rings (SSSR count). The van der Waals surface area contributed by atoms with E-state index in [0.717, 1.165) is 61.1 Å². The van der Waals surface area contributed by atoms with Crippen LogP contribution in [0.2, 0.25) is 0 Å². The summed E-state index contributed by atoms with van der Waals surface area (Å²) < 4.78 is 4.82. The summed E-state index contributed by atoms with van der Waals surface area (Å²) in [7, 11) is 0. The van der Waals surface area contributed by atoms with Crippen LogP contribution in [0.5, 0.6) is 0 Å². The molecule has 250 valence electrons. The molecule has 9 aromatic carbocycles. The lowest BCUT2D eigenvalue weighted by Gasteiger charge is -2.17. The molecule has 4 nitrogen and oxygen atoms in total. The molecular formula is C50H30N4. The zero-order chi connectivity index (χ0) is 35.3. The minimum atomic E-state index is 0.807. The van der Waals surface area contributed by atoms with Gasteiger partial charge in [0.25, 0.3) is 0 Å². The molecule has 3 aromatic heterocycles. The largest absolute Gasteiger partial charge is 0.307 e. The molecule has 0 saturated carbocycles. The van der Waals surface area contributed by atoms with Crippen molar-refractivity contribution in [2.24, 2.45) is 0 Å². The lowest BCUT2D eigenvalue weighted by Crippen LogP contribution is -2.05. The molecule has 0 bridgehead atoms. The first-order valence-corrected chi connectivity index (χ1v) is 18.4. The van der Waals surface area contributed by atoms with Crippen LogP contribution in [0.15, 0.2) is 182 Å². The molecule has 0 aliphatic heterocycles. The smallest absolute Gasteiger partial charge is 0.165 e. The van der Waals surface area contributed by atoms with Crippen molar-refractivity contribution < 1.29 is 0 Å². The Hall–Kier alpha value is -7.30. The Bertz CT molecular complexity index is 3500. The van der Waals surface area contributed by atoms with Gasteiger partial charge in [0.1, 0.15) is 5.69 Å². The Morgan fingerprint density at radius 2 is 0.833 bits per heavy atom. The van der Waals surface area contributed by atoms with Crippen molar-refractivity contribution >= 4 is 87.0 Å². The molecule has 0 aliphatic rings. The van der Waals surface area contributed by atoms with E-state index in [9.17, 15) is 0 Å². The van der Waals surface area contributed by atoms with Crippen molar-refractivity contribution in [3.05, 3.63) is 182 Å². The summed E-state index contributed by atoms with van der Waals surface area (Å²) in [6.45, 7) is 0. The molecular weight excluding hydrogens is 657 g/mol. The fourth-order valence-electron chi connectivity index (χ4n) is 8.90. The molecule has 12 aromatic rings. The van der Waals surface area contributed by atoms with E-state index in [1.807, 2.05) is 0 Å². The lowest BCUT2D eigenvalue weighted by molar-refractivity contribution is 1.08. The number of aromatic nitrogens is 4. The third kappa shape index (κ3) is 4.02. The van der Waals surface area contributed by atoms with E-state index in [-0.39, 0.29) is 0 Å². The predicted octanol–water partition coefficient (Wildman–Crippen LogP) is 13.0. The van der Waals surface area contributed by atoms with Crippen LogP contribution in [0.3, 0.4) is 0 Å². The molecule has 4 heteroatoms. The molecule has 0 atom stereocenters. The molecule has 0 unspecified atom stereocenters. The molecule has 3 heterocycles. The molecule has 0 saturated heterocycles. The first-order chi connectivity index (χ1) is 26.8. The van der Waals surface area contributed by atoms with Gasteiger partial charge < -0.3 is 4.57 Å². The Morgan fingerprint density at radius 1 is 0.333 bits per heavy atom. The second-order valence-electron chi connectivity index (χ2n) is 14.1. The van der Waals surface area contributed by atoms with E-state index in [2.05, 4.69) is 191 Å². The second kappa shape index (κ2) is 11.1. The summed E-state index contributed by atoms with van der Waals surface area (Å²) in [4.78, 5) is 11.5. The van der Waals surface area contributed by atoms with Crippen molar-refractivity contribution in [1.29, 1.82) is 0 Å². The summed E-state index contributed by atoms with van der Waals surface area (Å²) in [6.07, 6.45) is 0. The average Bonchev–Trinajstić information content (AvgIpc) is 3.76. The lowest BCUT2D eigenvalue weighted by atomic mass is 9.99. The summed E-state index contributed by atoms with van der Waals surface area (Å²) in [5.41, 5.74) is 9.29. The van der Waals surface area contributed by atoms with E-state index in [1.165, 1.54) is 48.6 Å². The van der Waals surface area contributed by atoms with Crippen LogP contribution in [-0.2, 0) is 0 Å².